The summed E-state index contributed by atoms with van der Waals surface area (Å²) in [5.41, 5.74) is 0.0847. The van der Waals surface area contributed by atoms with Crippen LogP contribution in [-0.2, 0) is 11.3 Å². The first-order valence-corrected chi connectivity index (χ1v) is 6.52. The third-order valence-electron chi connectivity index (χ3n) is 3.23. The van der Waals surface area contributed by atoms with E-state index in [2.05, 4.69) is 24.3 Å². The molecule has 1 aromatic heterocycles. The van der Waals surface area contributed by atoms with Gasteiger partial charge in [-0.1, -0.05) is 0 Å². The van der Waals surface area contributed by atoms with Crippen LogP contribution in [0.2, 0.25) is 0 Å². The fraction of sp³-hybridized carbons (Fsp3) is 0.769. The van der Waals surface area contributed by atoms with Gasteiger partial charge in [-0.05, 0) is 45.7 Å². The molecule has 1 fully saturated rings. The van der Waals surface area contributed by atoms with E-state index in [-0.39, 0.29) is 5.60 Å². The third-order valence-corrected chi connectivity index (χ3v) is 3.23. The standard InChI is InChI=1S/C13H23N3O/c1-13(2)6-5-12(17-13)11-14-7-3-9-16-10-4-8-15-16/h4,8,10,12,14H,3,5-7,9,11H2,1-2H3. The van der Waals surface area contributed by atoms with Gasteiger partial charge in [-0.25, -0.2) is 0 Å². The molecule has 4 nitrogen and oxygen atoms in total. The summed E-state index contributed by atoms with van der Waals surface area (Å²) in [6.45, 7) is 7.33. The largest absolute Gasteiger partial charge is 0.371 e. The first kappa shape index (κ1) is 12.6. The van der Waals surface area contributed by atoms with E-state index in [0.29, 0.717) is 6.10 Å². The van der Waals surface area contributed by atoms with Crippen LogP contribution in [-0.4, -0.2) is 34.6 Å². The van der Waals surface area contributed by atoms with E-state index >= 15 is 0 Å². The predicted molar refractivity (Wildman–Crippen MR) is 67.9 cm³/mol. The van der Waals surface area contributed by atoms with Crippen molar-refractivity contribution in [3.8, 4) is 0 Å². The van der Waals surface area contributed by atoms with Crippen LogP contribution in [0.4, 0.5) is 0 Å². The molecule has 0 spiro atoms. The summed E-state index contributed by atoms with van der Waals surface area (Å²) >= 11 is 0. The Kier molecular flexibility index (Phi) is 4.18. The highest BCUT2D eigenvalue weighted by atomic mass is 16.5. The van der Waals surface area contributed by atoms with Gasteiger partial charge in [0.1, 0.15) is 0 Å². The van der Waals surface area contributed by atoms with Crippen LogP contribution >= 0.6 is 0 Å². The van der Waals surface area contributed by atoms with Gasteiger partial charge in [0.15, 0.2) is 0 Å². The van der Waals surface area contributed by atoms with Crippen molar-refractivity contribution in [2.24, 2.45) is 0 Å². The van der Waals surface area contributed by atoms with E-state index in [4.69, 9.17) is 4.74 Å². The quantitative estimate of drug-likeness (QED) is 0.767. The Hall–Kier alpha value is -0.870. The van der Waals surface area contributed by atoms with E-state index in [0.717, 1.165) is 26.1 Å². The highest BCUT2D eigenvalue weighted by molar-refractivity contribution is 4.82. The molecule has 1 atom stereocenters. The van der Waals surface area contributed by atoms with Gasteiger partial charge >= 0.3 is 0 Å². The number of hydrogen-bond acceptors (Lipinski definition) is 3. The normalized spacial score (nSPS) is 23.1. The third kappa shape index (κ3) is 4.13. The Morgan fingerprint density at radius 1 is 1.53 bits per heavy atom. The van der Waals surface area contributed by atoms with E-state index in [1.54, 1.807) is 0 Å². The summed E-state index contributed by atoms with van der Waals surface area (Å²) in [7, 11) is 0. The Balaban J connectivity index is 1.52. The number of hydrogen-bond donors (Lipinski definition) is 1. The van der Waals surface area contributed by atoms with E-state index in [1.165, 1.54) is 12.8 Å². The molecule has 1 unspecified atom stereocenters. The second kappa shape index (κ2) is 5.65. The molecule has 1 saturated heterocycles. The zero-order valence-electron chi connectivity index (χ0n) is 10.9. The molecule has 4 heteroatoms. The van der Waals surface area contributed by atoms with Crippen LogP contribution in [0.15, 0.2) is 18.5 Å². The second-order valence-corrected chi connectivity index (χ2v) is 5.37. The lowest BCUT2D eigenvalue weighted by molar-refractivity contribution is -0.0141. The molecule has 0 aliphatic carbocycles. The summed E-state index contributed by atoms with van der Waals surface area (Å²) in [5.74, 6) is 0. The molecule has 2 heterocycles. The Morgan fingerprint density at radius 3 is 3.06 bits per heavy atom. The Bertz CT molecular complexity index is 321. The van der Waals surface area contributed by atoms with Crippen molar-refractivity contribution in [1.29, 1.82) is 0 Å². The van der Waals surface area contributed by atoms with Crippen LogP contribution in [0.5, 0.6) is 0 Å². The molecule has 0 aromatic carbocycles. The fourth-order valence-electron chi connectivity index (χ4n) is 2.28. The van der Waals surface area contributed by atoms with Crippen LogP contribution in [0.3, 0.4) is 0 Å². The van der Waals surface area contributed by atoms with Crippen molar-refractivity contribution < 1.29 is 4.74 Å². The molecule has 1 aliphatic heterocycles. The van der Waals surface area contributed by atoms with Gasteiger partial charge in [0, 0.05) is 25.5 Å². The van der Waals surface area contributed by atoms with Crippen LogP contribution in [0, 0.1) is 0 Å². The van der Waals surface area contributed by atoms with Gasteiger partial charge < -0.3 is 10.1 Å². The summed E-state index contributed by atoms with van der Waals surface area (Å²) in [6.07, 6.45) is 7.68. The number of aromatic nitrogens is 2. The topological polar surface area (TPSA) is 39.1 Å². The summed E-state index contributed by atoms with van der Waals surface area (Å²) in [6, 6.07) is 1.96. The van der Waals surface area contributed by atoms with E-state index in [9.17, 15) is 0 Å². The first-order chi connectivity index (χ1) is 8.16. The average Bonchev–Trinajstić information content (AvgIpc) is 2.88. The monoisotopic (exact) mass is 237 g/mol. The molecule has 17 heavy (non-hydrogen) atoms. The van der Waals surface area contributed by atoms with Crippen molar-refractivity contribution in [1.82, 2.24) is 15.1 Å². The summed E-state index contributed by atoms with van der Waals surface area (Å²) in [4.78, 5) is 0. The van der Waals surface area contributed by atoms with E-state index in [1.807, 2.05) is 23.1 Å². The number of nitrogens with zero attached hydrogens (tertiary/aromatic N) is 2. The molecular weight excluding hydrogens is 214 g/mol. The summed E-state index contributed by atoms with van der Waals surface area (Å²) < 4.78 is 7.89. The highest BCUT2D eigenvalue weighted by Crippen LogP contribution is 2.28. The molecule has 1 aliphatic rings. The van der Waals surface area contributed by atoms with Crippen molar-refractivity contribution >= 4 is 0 Å². The van der Waals surface area contributed by atoms with Crippen LogP contribution < -0.4 is 5.32 Å². The zero-order valence-corrected chi connectivity index (χ0v) is 10.9. The number of ether oxygens (including phenoxy) is 1. The van der Waals surface area contributed by atoms with Gasteiger partial charge in [-0.2, -0.15) is 5.10 Å². The molecule has 1 N–H and O–H groups in total. The lowest BCUT2D eigenvalue weighted by Crippen LogP contribution is -2.30. The molecule has 96 valence electrons. The molecule has 0 amide bonds. The molecule has 0 bridgehead atoms. The smallest absolute Gasteiger partial charge is 0.0707 e. The first-order valence-electron chi connectivity index (χ1n) is 6.52. The Labute approximate surface area is 103 Å². The fourth-order valence-corrected chi connectivity index (χ4v) is 2.28. The highest BCUT2D eigenvalue weighted by Gasteiger charge is 2.30. The molecule has 1 aromatic rings. The lowest BCUT2D eigenvalue weighted by Gasteiger charge is -2.19. The summed E-state index contributed by atoms with van der Waals surface area (Å²) in [5, 5.41) is 7.64. The van der Waals surface area contributed by atoms with Crippen molar-refractivity contribution in [3.63, 3.8) is 0 Å². The van der Waals surface area contributed by atoms with Crippen molar-refractivity contribution in [3.05, 3.63) is 18.5 Å². The minimum absolute atomic E-state index is 0.0847. The maximum Gasteiger partial charge on any atom is 0.0707 e. The van der Waals surface area contributed by atoms with Crippen LogP contribution in [0.1, 0.15) is 33.1 Å². The number of rotatable bonds is 6. The molecule has 2 rings (SSSR count). The number of aryl methyl sites for hydroxylation is 1. The van der Waals surface area contributed by atoms with Gasteiger partial charge in [0.05, 0.1) is 11.7 Å². The minimum atomic E-state index is 0.0847. The van der Waals surface area contributed by atoms with Gasteiger partial charge in [0.2, 0.25) is 0 Å². The minimum Gasteiger partial charge on any atom is -0.371 e. The maximum atomic E-state index is 5.92. The SMILES string of the molecule is CC1(C)CCC(CNCCCn2cccn2)O1. The van der Waals surface area contributed by atoms with Crippen molar-refractivity contribution in [2.45, 2.75) is 51.4 Å². The average molecular weight is 237 g/mol. The lowest BCUT2D eigenvalue weighted by atomic mass is 10.1. The molecule has 0 radical (unpaired) electrons. The van der Waals surface area contributed by atoms with E-state index < -0.39 is 0 Å². The molecule has 0 saturated carbocycles. The van der Waals surface area contributed by atoms with Crippen molar-refractivity contribution in [2.75, 3.05) is 13.1 Å². The van der Waals surface area contributed by atoms with Gasteiger partial charge in [0.25, 0.3) is 0 Å². The molecular formula is C13H23N3O. The Morgan fingerprint density at radius 2 is 2.41 bits per heavy atom. The number of nitrogens with one attached hydrogen (secondary N) is 1. The van der Waals surface area contributed by atoms with Crippen LogP contribution in [0.25, 0.3) is 0 Å². The zero-order chi connectivity index (χ0) is 12.1. The predicted octanol–water partition coefficient (Wildman–Crippen LogP) is 1.82. The maximum absolute atomic E-state index is 5.92. The van der Waals surface area contributed by atoms with Gasteiger partial charge in [-0.15, -0.1) is 0 Å². The second-order valence-electron chi connectivity index (χ2n) is 5.37. The van der Waals surface area contributed by atoms with Gasteiger partial charge in [-0.3, -0.25) is 4.68 Å².